The summed E-state index contributed by atoms with van der Waals surface area (Å²) >= 11 is 0. The van der Waals surface area contributed by atoms with Crippen molar-refractivity contribution < 1.29 is 4.74 Å². The van der Waals surface area contributed by atoms with E-state index in [2.05, 4.69) is 18.0 Å². The first-order chi connectivity index (χ1) is 7.05. The maximum Gasteiger partial charge on any atom is 0.0684 e. The number of rotatable bonds is 4. The molecule has 0 aliphatic carbocycles. The van der Waals surface area contributed by atoms with Gasteiger partial charge in [0.25, 0.3) is 0 Å². The van der Waals surface area contributed by atoms with Gasteiger partial charge < -0.3 is 9.64 Å². The molecule has 0 atom stereocenters. The van der Waals surface area contributed by atoms with Crippen LogP contribution in [-0.4, -0.2) is 37.7 Å². The molecule has 0 saturated carbocycles. The lowest BCUT2D eigenvalue weighted by atomic mass is 9.91. The molecular weight excluding hydrogens is 188 g/mol. The van der Waals surface area contributed by atoms with Crippen LogP contribution in [0.5, 0.6) is 0 Å². The summed E-state index contributed by atoms with van der Waals surface area (Å²) < 4.78 is 5.34. The Bertz CT molecular complexity index is 226. The highest BCUT2D eigenvalue weighted by Crippen LogP contribution is 2.20. The molecule has 1 saturated heterocycles. The van der Waals surface area contributed by atoms with E-state index < -0.39 is 0 Å². The van der Waals surface area contributed by atoms with E-state index in [-0.39, 0.29) is 5.41 Å². The molecule has 0 N–H and O–H groups in total. The molecule has 0 bridgehead atoms. The van der Waals surface area contributed by atoms with Crippen molar-refractivity contribution in [1.29, 1.82) is 5.26 Å². The van der Waals surface area contributed by atoms with Crippen LogP contribution in [-0.2, 0) is 4.74 Å². The minimum absolute atomic E-state index is 0.195. The van der Waals surface area contributed by atoms with Gasteiger partial charge in [0.05, 0.1) is 11.5 Å². The first-order valence-electron chi connectivity index (χ1n) is 5.74. The third-order valence-corrected chi connectivity index (χ3v) is 3.21. The van der Waals surface area contributed by atoms with Crippen LogP contribution < -0.4 is 0 Å². The number of hydrogen-bond acceptors (Lipinski definition) is 3. The van der Waals surface area contributed by atoms with E-state index >= 15 is 0 Å². The van der Waals surface area contributed by atoms with E-state index in [1.165, 1.54) is 0 Å². The Morgan fingerprint density at radius 3 is 2.53 bits per heavy atom. The maximum atomic E-state index is 8.93. The minimum Gasteiger partial charge on any atom is -0.381 e. The molecule has 0 aromatic carbocycles. The quantitative estimate of drug-likeness (QED) is 0.712. The predicted octanol–water partition coefficient (Wildman–Crippen LogP) is 2.04. The van der Waals surface area contributed by atoms with Crippen molar-refractivity contribution in [2.24, 2.45) is 5.41 Å². The van der Waals surface area contributed by atoms with Gasteiger partial charge in [-0.25, -0.2) is 0 Å². The minimum atomic E-state index is -0.195. The molecule has 1 aliphatic heterocycles. The summed E-state index contributed by atoms with van der Waals surface area (Å²) in [6.07, 6.45) is 3.20. The van der Waals surface area contributed by atoms with Gasteiger partial charge in [0.1, 0.15) is 0 Å². The van der Waals surface area contributed by atoms with Crippen molar-refractivity contribution in [3.05, 3.63) is 0 Å². The SMILES string of the molecule is CN(CCC(C)(C)C#N)C1CCOCC1. The summed E-state index contributed by atoms with van der Waals surface area (Å²) in [5, 5.41) is 8.93. The van der Waals surface area contributed by atoms with Gasteiger partial charge >= 0.3 is 0 Å². The van der Waals surface area contributed by atoms with Crippen LogP contribution in [0.3, 0.4) is 0 Å². The van der Waals surface area contributed by atoms with Crippen molar-refractivity contribution in [3.8, 4) is 6.07 Å². The Kier molecular flexibility index (Phi) is 4.56. The number of nitrogens with zero attached hydrogens (tertiary/aromatic N) is 2. The fourth-order valence-electron chi connectivity index (χ4n) is 1.82. The lowest BCUT2D eigenvalue weighted by Gasteiger charge is -2.32. The summed E-state index contributed by atoms with van der Waals surface area (Å²) in [5.41, 5.74) is -0.195. The molecule has 1 fully saturated rings. The van der Waals surface area contributed by atoms with Crippen LogP contribution in [0.2, 0.25) is 0 Å². The molecule has 0 radical (unpaired) electrons. The van der Waals surface area contributed by atoms with Gasteiger partial charge in [-0.15, -0.1) is 0 Å². The number of ether oxygens (including phenoxy) is 1. The molecule has 86 valence electrons. The zero-order chi connectivity index (χ0) is 11.3. The highest BCUT2D eigenvalue weighted by Gasteiger charge is 2.22. The van der Waals surface area contributed by atoms with E-state index in [1.54, 1.807) is 0 Å². The van der Waals surface area contributed by atoms with Gasteiger partial charge in [-0.1, -0.05) is 0 Å². The van der Waals surface area contributed by atoms with Crippen LogP contribution in [0.15, 0.2) is 0 Å². The Morgan fingerprint density at radius 2 is 2.00 bits per heavy atom. The van der Waals surface area contributed by atoms with Gasteiger partial charge in [-0.3, -0.25) is 0 Å². The van der Waals surface area contributed by atoms with Gasteiger partial charge in [-0.05, 0) is 46.7 Å². The van der Waals surface area contributed by atoms with Crippen LogP contribution >= 0.6 is 0 Å². The Balaban J connectivity index is 2.29. The van der Waals surface area contributed by atoms with Crippen molar-refractivity contribution in [2.45, 2.75) is 39.2 Å². The van der Waals surface area contributed by atoms with Crippen LogP contribution in [0, 0.1) is 16.7 Å². The van der Waals surface area contributed by atoms with Crippen molar-refractivity contribution >= 4 is 0 Å². The van der Waals surface area contributed by atoms with Crippen molar-refractivity contribution in [1.82, 2.24) is 4.90 Å². The molecule has 0 amide bonds. The normalized spacial score (nSPS) is 19.1. The fourth-order valence-corrected chi connectivity index (χ4v) is 1.82. The zero-order valence-electron chi connectivity index (χ0n) is 10.1. The summed E-state index contributed by atoms with van der Waals surface area (Å²) in [4.78, 5) is 2.38. The fraction of sp³-hybridized carbons (Fsp3) is 0.917. The predicted molar refractivity (Wildman–Crippen MR) is 60.5 cm³/mol. The second-order valence-corrected chi connectivity index (χ2v) is 5.07. The largest absolute Gasteiger partial charge is 0.381 e. The molecule has 0 aromatic rings. The summed E-state index contributed by atoms with van der Waals surface area (Å²) in [6.45, 7) is 6.79. The van der Waals surface area contributed by atoms with E-state index in [9.17, 15) is 0 Å². The van der Waals surface area contributed by atoms with Gasteiger partial charge in [0.2, 0.25) is 0 Å². The van der Waals surface area contributed by atoms with Crippen molar-refractivity contribution in [3.63, 3.8) is 0 Å². The third kappa shape index (κ3) is 4.19. The summed E-state index contributed by atoms with van der Waals surface area (Å²) in [5.74, 6) is 0. The van der Waals surface area contributed by atoms with Crippen LogP contribution in [0.1, 0.15) is 33.1 Å². The lowest BCUT2D eigenvalue weighted by Crippen LogP contribution is -2.38. The van der Waals surface area contributed by atoms with E-state index in [0.717, 1.165) is 39.0 Å². The van der Waals surface area contributed by atoms with Gasteiger partial charge in [0, 0.05) is 19.3 Å². The molecular formula is C12H22N2O. The Hall–Kier alpha value is -0.590. The van der Waals surface area contributed by atoms with Crippen LogP contribution in [0.25, 0.3) is 0 Å². The van der Waals surface area contributed by atoms with E-state index in [4.69, 9.17) is 10.00 Å². The summed E-state index contributed by atoms with van der Waals surface area (Å²) in [6, 6.07) is 2.99. The lowest BCUT2D eigenvalue weighted by molar-refractivity contribution is 0.0409. The van der Waals surface area contributed by atoms with Crippen molar-refractivity contribution in [2.75, 3.05) is 26.8 Å². The Morgan fingerprint density at radius 1 is 1.40 bits per heavy atom. The second-order valence-electron chi connectivity index (χ2n) is 5.07. The smallest absolute Gasteiger partial charge is 0.0684 e. The van der Waals surface area contributed by atoms with Crippen LogP contribution in [0.4, 0.5) is 0 Å². The Labute approximate surface area is 93.0 Å². The summed E-state index contributed by atoms with van der Waals surface area (Å²) in [7, 11) is 2.16. The van der Waals surface area contributed by atoms with Gasteiger partial charge in [-0.2, -0.15) is 5.26 Å². The molecule has 1 aliphatic rings. The molecule has 0 aromatic heterocycles. The molecule has 3 nitrogen and oxygen atoms in total. The van der Waals surface area contributed by atoms with Gasteiger partial charge in [0.15, 0.2) is 0 Å². The maximum absolute atomic E-state index is 8.93. The molecule has 15 heavy (non-hydrogen) atoms. The first-order valence-corrected chi connectivity index (χ1v) is 5.74. The third-order valence-electron chi connectivity index (χ3n) is 3.21. The van der Waals surface area contributed by atoms with E-state index in [0.29, 0.717) is 6.04 Å². The average Bonchev–Trinajstić information content (AvgIpc) is 2.27. The molecule has 1 heterocycles. The highest BCUT2D eigenvalue weighted by molar-refractivity contribution is 4.92. The first kappa shape index (κ1) is 12.5. The second kappa shape index (κ2) is 5.48. The number of nitriles is 1. The zero-order valence-corrected chi connectivity index (χ0v) is 10.1. The molecule has 0 unspecified atom stereocenters. The number of hydrogen-bond donors (Lipinski definition) is 0. The average molecular weight is 210 g/mol. The van der Waals surface area contributed by atoms with E-state index in [1.807, 2.05) is 13.8 Å². The molecule has 3 heteroatoms. The molecule has 0 spiro atoms. The monoisotopic (exact) mass is 210 g/mol. The molecule has 1 rings (SSSR count). The topological polar surface area (TPSA) is 36.3 Å². The highest BCUT2D eigenvalue weighted by atomic mass is 16.5. The standard InChI is InChI=1S/C12H22N2O/c1-12(2,10-13)6-7-14(3)11-4-8-15-9-5-11/h11H,4-9H2,1-3H3.